The lowest BCUT2D eigenvalue weighted by Crippen LogP contribution is -2.57. The van der Waals surface area contributed by atoms with E-state index in [4.69, 9.17) is 0 Å². The van der Waals surface area contributed by atoms with E-state index in [9.17, 15) is 28.8 Å². The molecule has 2 saturated heterocycles. The lowest BCUT2D eigenvalue weighted by atomic mass is 9.85. The molecule has 6 rings (SSSR count). The number of nitrogens with one attached hydrogen (secondary N) is 4. The van der Waals surface area contributed by atoms with Crippen LogP contribution in [0.25, 0.3) is 22.3 Å². The predicted molar refractivity (Wildman–Crippen MR) is 319 cm³/mol. The van der Waals surface area contributed by atoms with E-state index in [0.717, 1.165) is 107 Å². The van der Waals surface area contributed by atoms with Crippen LogP contribution in [-0.4, -0.2) is 140 Å². The van der Waals surface area contributed by atoms with Crippen molar-refractivity contribution >= 4 is 35.8 Å². The maximum atomic E-state index is 14.0. The van der Waals surface area contributed by atoms with Gasteiger partial charge in [-0.1, -0.05) is 176 Å². The van der Waals surface area contributed by atoms with Crippen molar-refractivity contribution in [1.29, 1.82) is 0 Å². The van der Waals surface area contributed by atoms with Gasteiger partial charge >= 0.3 is 0 Å². The maximum absolute atomic E-state index is 14.0. The van der Waals surface area contributed by atoms with E-state index in [2.05, 4.69) is 106 Å². The minimum atomic E-state index is -0.659. The summed E-state index contributed by atoms with van der Waals surface area (Å²) in [5.74, 6) is -0.313. The molecule has 4 N–H and O–H groups in total. The van der Waals surface area contributed by atoms with E-state index in [1.807, 2.05) is 92.6 Å². The maximum Gasteiger partial charge on any atom is 0.246 e. The van der Waals surface area contributed by atoms with Crippen LogP contribution >= 0.6 is 0 Å². The molecule has 5 amide bonds. The Morgan fingerprint density at radius 1 is 0.570 bits per heavy atom. The number of aldehydes is 1. The van der Waals surface area contributed by atoms with Gasteiger partial charge in [0.25, 0.3) is 0 Å². The van der Waals surface area contributed by atoms with Gasteiger partial charge in [0.1, 0.15) is 18.4 Å². The monoisotopic (exact) mass is 1080 g/mol. The third kappa shape index (κ3) is 20.1. The van der Waals surface area contributed by atoms with Crippen molar-refractivity contribution < 1.29 is 28.8 Å². The Hall–Kier alpha value is -6.22. The Balaban J connectivity index is 0.000000302. The lowest BCUT2D eigenvalue weighted by Gasteiger charge is -2.37. The highest BCUT2D eigenvalue weighted by atomic mass is 16.2. The number of unbranched alkanes of at least 4 members (excludes halogenated alkanes) is 6. The van der Waals surface area contributed by atoms with Gasteiger partial charge in [-0.2, -0.15) is 0 Å². The minimum absolute atomic E-state index is 0.0255. The summed E-state index contributed by atoms with van der Waals surface area (Å²) in [7, 11) is 5.57. The average molecular weight is 1080 g/mol. The molecule has 2 aliphatic heterocycles. The van der Waals surface area contributed by atoms with Crippen molar-refractivity contribution in [3.8, 4) is 22.3 Å². The molecular formula is C65H94N8O6. The minimum Gasteiger partial charge on any atom is -0.343 e. The number of carbonyl (C=O) groups excluding carboxylic acids is 6. The predicted octanol–water partition coefficient (Wildman–Crippen LogP) is 9.27. The Morgan fingerprint density at radius 3 is 1.44 bits per heavy atom. The van der Waals surface area contributed by atoms with Crippen molar-refractivity contribution in [2.75, 3.05) is 60.4 Å². The van der Waals surface area contributed by atoms with Crippen LogP contribution in [0.3, 0.4) is 0 Å². The first-order chi connectivity index (χ1) is 37.9. The van der Waals surface area contributed by atoms with Crippen LogP contribution in [0, 0.1) is 10.8 Å². The molecule has 0 saturated carbocycles. The fraction of sp³-hybridized carbons (Fsp3) is 0.538. The van der Waals surface area contributed by atoms with Crippen molar-refractivity contribution in [3.63, 3.8) is 0 Å². The summed E-state index contributed by atoms with van der Waals surface area (Å²) in [4.78, 5) is 85.0. The number of hydrogen-bond donors (Lipinski definition) is 4. The zero-order valence-corrected chi connectivity index (χ0v) is 49.2. The number of hydrogen-bond acceptors (Lipinski definition) is 9. The molecule has 4 unspecified atom stereocenters. The standard InChI is InChI=1S/C37H54N4O4.C28H40N4O2/c1-37(2,3)35(39-33(43)26-38-4)36(45)41-24-17-21-31(41)28-40(34(44)23-13-8-6-5-7-9-16-25-42)27-30-20-14-15-22-32(30)29-18-11-10-12-19-29;1-28(2,3)26(30-25(33)18-29-4)27(34)32-17-11-15-23(32)20-31(5)19-22-14-9-10-16-24(22)21-12-7-6-8-13-21/h10-12,14-15,18-20,22,25,31,35,38H,5-9,13,16-17,21,23-24,26-28H2,1-4H3,(H,39,43);6-10,12-14,16,23,26,29H,11,15,17-20H2,1-5H3,(H,30,33). The molecule has 79 heavy (non-hydrogen) atoms. The fourth-order valence-electron chi connectivity index (χ4n) is 10.9. The molecular weight excluding hydrogens is 989 g/mol. The third-order valence-electron chi connectivity index (χ3n) is 15.1. The number of amides is 5. The Labute approximate surface area is 473 Å². The largest absolute Gasteiger partial charge is 0.343 e. The van der Waals surface area contributed by atoms with Crippen LogP contribution in [0.15, 0.2) is 109 Å². The second kappa shape index (κ2) is 32.1. The molecule has 14 heteroatoms. The summed E-state index contributed by atoms with van der Waals surface area (Å²) < 4.78 is 0. The number of likely N-dealkylation sites (tertiary alicyclic amines) is 2. The van der Waals surface area contributed by atoms with Crippen LogP contribution < -0.4 is 21.3 Å². The highest BCUT2D eigenvalue weighted by molar-refractivity contribution is 5.90. The fourth-order valence-corrected chi connectivity index (χ4v) is 10.9. The molecule has 14 nitrogen and oxygen atoms in total. The molecule has 0 aliphatic carbocycles. The molecule has 4 atom stereocenters. The summed E-state index contributed by atoms with van der Waals surface area (Å²) in [6.45, 7) is 16.2. The smallest absolute Gasteiger partial charge is 0.246 e. The van der Waals surface area contributed by atoms with Gasteiger partial charge in [0.15, 0.2) is 0 Å². The normalized spacial score (nSPS) is 16.2. The first-order valence-electron chi connectivity index (χ1n) is 29.0. The summed E-state index contributed by atoms with van der Waals surface area (Å²) in [6, 6.07) is 36.3. The molecule has 0 radical (unpaired) electrons. The second-order valence-corrected chi connectivity index (χ2v) is 23.8. The van der Waals surface area contributed by atoms with Gasteiger partial charge in [-0.15, -0.1) is 0 Å². The molecule has 430 valence electrons. The Bertz CT molecular complexity index is 2530. The SMILES string of the molecule is CNCC(=O)NC(C(=O)N1CCCC1CN(C)Cc1ccccc1-c1ccccc1)C(C)(C)C.CNCC(=O)NC(C(=O)N1CCCC1CN(Cc1ccccc1-c1ccccc1)C(=O)CCCCCCCCC=O)C(C)(C)C. The summed E-state index contributed by atoms with van der Waals surface area (Å²) in [6.07, 6.45) is 11.6. The van der Waals surface area contributed by atoms with Crippen LogP contribution in [-0.2, 0) is 41.9 Å². The molecule has 0 aromatic heterocycles. The third-order valence-corrected chi connectivity index (χ3v) is 15.1. The molecule has 2 fully saturated rings. The van der Waals surface area contributed by atoms with E-state index < -0.39 is 17.5 Å². The number of likely N-dealkylation sites (N-methyl/N-ethyl adjacent to an activating group) is 3. The highest BCUT2D eigenvalue weighted by Gasteiger charge is 2.42. The first kappa shape index (κ1) is 63.6. The van der Waals surface area contributed by atoms with E-state index in [-0.39, 0.29) is 60.1 Å². The molecule has 0 spiro atoms. The van der Waals surface area contributed by atoms with Crippen molar-refractivity contribution in [1.82, 2.24) is 40.9 Å². The number of rotatable bonds is 27. The van der Waals surface area contributed by atoms with Crippen LogP contribution in [0.4, 0.5) is 0 Å². The summed E-state index contributed by atoms with van der Waals surface area (Å²) >= 11 is 0. The number of nitrogens with zero attached hydrogens (tertiary/aromatic N) is 4. The van der Waals surface area contributed by atoms with Crippen molar-refractivity contribution in [2.45, 2.75) is 156 Å². The molecule has 2 aliphatic rings. The number of carbonyl (C=O) groups is 6. The molecule has 0 bridgehead atoms. The van der Waals surface area contributed by atoms with Gasteiger partial charge in [-0.25, -0.2) is 0 Å². The number of benzene rings is 4. The van der Waals surface area contributed by atoms with E-state index >= 15 is 0 Å². The lowest BCUT2D eigenvalue weighted by molar-refractivity contribution is -0.142. The Morgan fingerprint density at radius 2 is 0.987 bits per heavy atom. The molecule has 2 heterocycles. The van der Waals surface area contributed by atoms with Gasteiger partial charge < -0.3 is 45.7 Å². The van der Waals surface area contributed by atoms with E-state index in [1.54, 1.807) is 14.1 Å². The van der Waals surface area contributed by atoms with Crippen LogP contribution in [0.2, 0.25) is 0 Å². The highest BCUT2D eigenvalue weighted by Crippen LogP contribution is 2.31. The quantitative estimate of drug-likeness (QED) is 0.0337. The van der Waals surface area contributed by atoms with Crippen LogP contribution in [0.1, 0.15) is 130 Å². The van der Waals surface area contributed by atoms with Gasteiger partial charge in [-0.05, 0) is 104 Å². The average Bonchev–Trinajstić information content (AvgIpc) is 4.13. The van der Waals surface area contributed by atoms with Gasteiger partial charge in [0.05, 0.1) is 13.1 Å². The summed E-state index contributed by atoms with van der Waals surface area (Å²) in [5.41, 5.74) is 6.19. The molecule has 4 aromatic carbocycles. The Kier molecular flexibility index (Phi) is 25.9. The van der Waals surface area contributed by atoms with Gasteiger partial charge in [0, 0.05) is 64.2 Å². The van der Waals surface area contributed by atoms with Crippen molar-refractivity contribution in [3.05, 3.63) is 120 Å². The zero-order valence-electron chi connectivity index (χ0n) is 49.2. The zero-order chi connectivity index (χ0) is 57.4. The van der Waals surface area contributed by atoms with Crippen molar-refractivity contribution in [2.24, 2.45) is 10.8 Å². The van der Waals surface area contributed by atoms with E-state index in [0.29, 0.717) is 32.5 Å². The van der Waals surface area contributed by atoms with Crippen LogP contribution in [0.5, 0.6) is 0 Å². The second-order valence-electron chi connectivity index (χ2n) is 23.8. The van der Waals surface area contributed by atoms with Gasteiger partial charge in [0.2, 0.25) is 29.5 Å². The first-order valence-corrected chi connectivity index (χ1v) is 29.0. The summed E-state index contributed by atoms with van der Waals surface area (Å²) in [5, 5.41) is 11.7. The van der Waals surface area contributed by atoms with Gasteiger partial charge in [-0.3, -0.25) is 24.0 Å². The molecule has 4 aromatic rings. The van der Waals surface area contributed by atoms with E-state index in [1.165, 1.54) is 16.7 Å². The topological polar surface area (TPSA) is 163 Å².